The highest BCUT2D eigenvalue weighted by Gasteiger charge is 2.35. The van der Waals surface area contributed by atoms with Crippen molar-refractivity contribution in [2.75, 3.05) is 63.1 Å². The number of halogens is 1. The Balaban J connectivity index is 1.32. The molecule has 9 nitrogen and oxygen atoms in total. The van der Waals surface area contributed by atoms with E-state index in [9.17, 15) is 14.4 Å². The van der Waals surface area contributed by atoms with Gasteiger partial charge in [0.1, 0.15) is 11.8 Å². The summed E-state index contributed by atoms with van der Waals surface area (Å²) in [5.74, 6) is 0.0901. The molecule has 0 aromatic heterocycles. The molecule has 35 heavy (non-hydrogen) atoms. The molecule has 2 aromatic carbocycles. The molecule has 1 atom stereocenters. The molecule has 2 saturated heterocycles. The van der Waals surface area contributed by atoms with Crippen molar-refractivity contribution in [3.8, 4) is 5.75 Å². The number of benzene rings is 2. The highest BCUT2D eigenvalue weighted by molar-refractivity contribution is 9.10. The summed E-state index contributed by atoms with van der Waals surface area (Å²) in [6, 6.07) is 14.3. The zero-order valence-corrected chi connectivity index (χ0v) is 21.3. The van der Waals surface area contributed by atoms with E-state index in [1.165, 1.54) is 0 Å². The lowest BCUT2D eigenvalue weighted by Crippen LogP contribution is -2.60. The molecule has 186 valence electrons. The number of carbonyl (C=O) groups is 3. The Bertz CT molecular complexity index is 1060. The van der Waals surface area contributed by atoms with Crippen LogP contribution in [-0.4, -0.2) is 86.5 Å². The van der Waals surface area contributed by atoms with Gasteiger partial charge in [0.05, 0.1) is 20.1 Å². The Morgan fingerprint density at radius 2 is 1.83 bits per heavy atom. The molecule has 0 spiro atoms. The van der Waals surface area contributed by atoms with Crippen LogP contribution in [0.4, 0.5) is 11.4 Å². The standard InChI is InChI=1S/C25H30BrN5O4/c1-35-21-4-2-3-20(15-21)30-13-11-29(12-14-30)17-24(33)31-10-9-27-25(34)22(31)16-23(32)28-19-7-5-18(26)6-8-19/h2-8,15,22H,9-14,16-17H2,1H3,(H,27,34)(H,28,32)/t22-/m0/s1. The van der Waals surface area contributed by atoms with Crippen molar-refractivity contribution < 1.29 is 19.1 Å². The lowest BCUT2D eigenvalue weighted by molar-refractivity contribution is -0.145. The van der Waals surface area contributed by atoms with E-state index in [4.69, 9.17) is 4.74 Å². The number of nitrogens with zero attached hydrogens (tertiary/aromatic N) is 3. The summed E-state index contributed by atoms with van der Waals surface area (Å²) in [7, 11) is 1.65. The summed E-state index contributed by atoms with van der Waals surface area (Å²) in [6.07, 6.45) is -0.0861. The average Bonchev–Trinajstić information content (AvgIpc) is 2.87. The van der Waals surface area contributed by atoms with Gasteiger partial charge >= 0.3 is 0 Å². The van der Waals surface area contributed by atoms with E-state index in [0.29, 0.717) is 18.8 Å². The summed E-state index contributed by atoms with van der Waals surface area (Å²) in [6.45, 7) is 4.06. The summed E-state index contributed by atoms with van der Waals surface area (Å²) < 4.78 is 6.23. The first kappa shape index (κ1) is 25.0. The number of anilines is 2. The van der Waals surface area contributed by atoms with Gasteiger partial charge in [0.2, 0.25) is 17.7 Å². The molecule has 0 bridgehead atoms. The van der Waals surface area contributed by atoms with E-state index in [-0.39, 0.29) is 30.7 Å². The molecule has 2 aliphatic heterocycles. The summed E-state index contributed by atoms with van der Waals surface area (Å²) >= 11 is 3.36. The van der Waals surface area contributed by atoms with Crippen molar-refractivity contribution in [2.24, 2.45) is 0 Å². The number of amides is 3. The maximum absolute atomic E-state index is 13.2. The minimum atomic E-state index is -0.815. The third-order valence-corrected chi connectivity index (χ3v) is 6.84. The zero-order valence-electron chi connectivity index (χ0n) is 19.7. The predicted octanol–water partition coefficient (Wildman–Crippen LogP) is 1.94. The van der Waals surface area contributed by atoms with Gasteiger partial charge in [0.15, 0.2) is 0 Å². The number of nitrogens with one attached hydrogen (secondary N) is 2. The minimum absolute atomic E-state index is 0.0861. The molecule has 2 N–H and O–H groups in total. The molecule has 2 fully saturated rings. The first-order valence-electron chi connectivity index (χ1n) is 11.7. The van der Waals surface area contributed by atoms with E-state index in [1.54, 1.807) is 24.1 Å². The van der Waals surface area contributed by atoms with Crippen LogP contribution < -0.4 is 20.3 Å². The molecular weight excluding hydrogens is 514 g/mol. The van der Waals surface area contributed by atoms with Crippen LogP contribution in [-0.2, 0) is 14.4 Å². The second kappa shape index (κ2) is 11.5. The van der Waals surface area contributed by atoms with Gasteiger partial charge in [-0.25, -0.2) is 0 Å². The normalized spacial score (nSPS) is 18.7. The van der Waals surface area contributed by atoms with Crippen LogP contribution in [0.25, 0.3) is 0 Å². The van der Waals surface area contributed by atoms with Gasteiger partial charge in [-0.05, 0) is 36.4 Å². The van der Waals surface area contributed by atoms with Crippen molar-refractivity contribution in [3.05, 3.63) is 53.0 Å². The Morgan fingerprint density at radius 3 is 2.54 bits per heavy atom. The third-order valence-electron chi connectivity index (χ3n) is 6.31. The van der Waals surface area contributed by atoms with E-state index in [2.05, 4.69) is 42.4 Å². The Labute approximate surface area is 213 Å². The number of rotatable bonds is 7. The lowest BCUT2D eigenvalue weighted by Gasteiger charge is -2.39. The minimum Gasteiger partial charge on any atom is -0.497 e. The van der Waals surface area contributed by atoms with E-state index in [0.717, 1.165) is 42.1 Å². The van der Waals surface area contributed by atoms with Crippen LogP contribution in [0.2, 0.25) is 0 Å². The summed E-state index contributed by atoms with van der Waals surface area (Å²) in [5, 5.41) is 5.58. The first-order chi connectivity index (χ1) is 16.9. The van der Waals surface area contributed by atoms with Crippen LogP contribution in [0.1, 0.15) is 6.42 Å². The molecule has 2 aliphatic rings. The molecule has 0 aliphatic carbocycles. The van der Waals surface area contributed by atoms with Gasteiger partial charge < -0.3 is 25.2 Å². The molecule has 4 rings (SSSR count). The molecule has 0 radical (unpaired) electrons. The van der Waals surface area contributed by atoms with E-state index < -0.39 is 6.04 Å². The van der Waals surface area contributed by atoms with Crippen LogP contribution in [0.3, 0.4) is 0 Å². The molecular formula is C25H30BrN5O4. The van der Waals surface area contributed by atoms with Gasteiger partial charge in [-0.15, -0.1) is 0 Å². The molecule has 2 heterocycles. The second-order valence-corrected chi connectivity index (χ2v) is 9.53. The van der Waals surface area contributed by atoms with Crippen LogP contribution in [0.5, 0.6) is 5.75 Å². The highest BCUT2D eigenvalue weighted by atomic mass is 79.9. The number of methoxy groups -OCH3 is 1. The molecule has 0 saturated carbocycles. The number of piperazine rings is 2. The van der Waals surface area contributed by atoms with Crippen LogP contribution in [0.15, 0.2) is 53.0 Å². The molecule has 0 unspecified atom stereocenters. The number of hydrogen-bond acceptors (Lipinski definition) is 6. The van der Waals surface area contributed by atoms with Crippen molar-refractivity contribution in [1.29, 1.82) is 0 Å². The highest BCUT2D eigenvalue weighted by Crippen LogP contribution is 2.22. The quantitative estimate of drug-likeness (QED) is 0.554. The number of hydrogen-bond donors (Lipinski definition) is 2. The van der Waals surface area contributed by atoms with Crippen molar-refractivity contribution >= 4 is 45.0 Å². The van der Waals surface area contributed by atoms with Crippen LogP contribution in [0, 0.1) is 0 Å². The van der Waals surface area contributed by atoms with Crippen molar-refractivity contribution in [1.82, 2.24) is 15.1 Å². The summed E-state index contributed by atoms with van der Waals surface area (Å²) in [5.41, 5.74) is 1.74. The summed E-state index contributed by atoms with van der Waals surface area (Å²) in [4.78, 5) is 44.3. The van der Waals surface area contributed by atoms with Crippen molar-refractivity contribution in [2.45, 2.75) is 12.5 Å². The maximum Gasteiger partial charge on any atom is 0.243 e. The largest absolute Gasteiger partial charge is 0.497 e. The Kier molecular flexibility index (Phi) is 8.25. The van der Waals surface area contributed by atoms with Gasteiger partial charge in [-0.2, -0.15) is 0 Å². The first-order valence-corrected chi connectivity index (χ1v) is 12.5. The van der Waals surface area contributed by atoms with Gasteiger partial charge in [-0.3, -0.25) is 19.3 Å². The fourth-order valence-electron chi connectivity index (χ4n) is 4.39. The van der Waals surface area contributed by atoms with E-state index >= 15 is 0 Å². The molecule has 3 amide bonds. The second-order valence-electron chi connectivity index (χ2n) is 8.62. The lowest BCUT2D eigenvalue weighted by atomic mass is 10.1. The number of carbonyl (C=O) groups excluding carboxylic acids is 3. The predicted molar refractivity (Wildman–Crippen MR) is 138 cm³/mol. The monoisotopic (exact) mass is 543 g/mol. The van der Waals surface area contributed by atoms with E-state index in [1.807, 2.05) is 30.3 Å². The van der Waals surface area contributed by atoms with Gasteiger partial charge in [0, 0.05) is 61.2 Å². The Hall–Kier alpha value is -3.11. The Morgan fingerprint density at radius 1 is 1.09 bits per heavy atom. The average molecular weight is 544 g/mol. The zero-order chi connectivity index (χ0) is 24.8. The third kappa shape index (κ3) is 6.52. The number of ether oxygens (including phenoxy) is 1. The fourth-order valence-corrected chi connectivity index (χ4v) is 4.65. The SMILES string of the molecule is COc1cccc(N2CCN(CC(=O)N3CCNC(=O)[C@@H]3CC(=O)Nc3ccc(Br)cc3)CC2)c1. The van der Waals surface area contributed by atoms with Gasteiger partial charge in [-0.1, -0.05) is 22.0 Å². The fraction of sp³-hybridized carbons (Fsp3) is 0.400. The maximum atomic E-state index is 13.2. The van der Waals surface area contributed by atoms with Gasteiger partial charge in [0.25, 0.3) is 0 Å². The van der Waals surface area contributed by atoms with Crippen molar-refractivity contribution in [3.63, 3.8) is 0 Å². The molecule has 2 aromatic rings. The molecule has 10 heteroatoms. The smallest absolute Gasteiger partial charge is 0.243 e. The van der Waals surface area contributed by atoms with Crippen LogP contribution >= 0.6 is 15.9 Å². The topological polar surface area (TPSA) is 94.2 Å².